The molecule has 0 N–H and O–H groups in total. The molecule has 5 nitrogen and oxygen atoms in total. The molecule has 2 aromatic heterocycles. The summed E-state index contributed by atoms with van der Waals surface area (Å²) in [6, 6.07) is 15.1. The minimum absolute atomic E-state index is 0.125. The molecule has 0 atom stereocenters. The summed E-state index contributed by atoms with van der Waals surface area (Å²) >= 11 is 0. The summed E-state index contributed by atoms with van der Waals surface area (Å²) in [7, 11) is 1.57. The SMILES string of the molecule is CCc1ccc(Cn2nc(-c3ccc(OC)nc3)ccc2=O)cc1. The van der Waals surface area contributed by atoms with Crippen molar-refractivity contribution in [3.05, 3.63) is 76.2 Å². The number of aromatic nitrogens is 3. The van der Waals surface area contributed by atoms with Gasteiger partial charge < -0.3 is 4.74 Å². The van der Waals surface area contributed by atoms with Gasteiger partial charge in [0.15, 0.2) is 0 Å². The lowest BCUT2D eigenvalue weighted by Gasteiger charge is -2.08. The summed E-state index contributed by atoms with van der Waals surface area (Å²) in [5, 5.41) is 4.46. The third-order valence-corrected chi connectivity index (χ3v) is 3.87. The number of ether oxygens (including phenoxy) is 1. The van der Waals surface area contributed by atoms with E-state index in [9.17, 15) is 4.79 Å². The van der Waals surface area contributed by atoms with Gasteiger partial charge in [-0.15, -0.1) is 0 Å². The Kier molecular flexibility index (Phi) is 4.70. The molecule has 0 aliphatic carbocycles. The van der Waals surface area contributed by atoms with Gasteiger partial charge in [0.25, 0.3) is 5.56 Å². The Balaban J connectivity index is 1.88. The molecule has 0 unspecified atom stereocenters. The Morgan fingerprint density at radius 1 is 1.00 bits per heavy atom. The number of pyridine rings is 1. The van der Waals surface area contributed by atoms with Crippen molar-refractivity contribution >= 4 is 0 Å². The number of hydrogen-bond acceptors (Lipinski definition) is 4. The largest absolute Gasteiger partial charge is 0.481 e. The van der Waals surface area contributed by atoms with Crippen LogP contribution in [0.1, 0.15) is 18.1 Å². The molecule has 0 saturated carbocycles. The zero-order valence-electron chi connectivity index (χ0n) is 13.8. The molecule has 0 aliphatic heterocycles. The van der Waals surface area contributed by atoms with E-state index in [1.54, 1.807) is 25.4 Å². The second kappa shape index (κ2) is 7.08. The summed E-state index contributed by atoms with van der Waals surface area (Å²) in [5.41, 5.74) is 3.74. The maximum Gasteiger partial charge on any atom is 0.267 e. The van der Waals surface area contributed by atoms with E-state index in [0.29, 0.717) is 18.1 Å². The first kappa shape index (κ1) is 15.9. The lowest BCUT2D eigenvalue weighted by molar-refractivity contribution is 0.398. The van der Waals surface area contributed by atoms with E-state index in [1.807, 2.05) is 18.2 Å². The second-order valence-electron chi connectivity index (χ2n) is 5.47. The van der Waals surface area contributed by atoms with E-state index in [4.69, 9.17) is 4.74 Å². The third kappa shape index (κ3) is 3.51. The maximum absolute atomic E-state index is 12.1. The quantitative estimate of drug-likeness (QED) is 0.725. The molecule has 0 aliphatic rings. The average molecular weight is 321 g/mol. The number of nitrogens with zero attached hydrogens (tertiary/aromatic N) is 3. The van der Waals surface area contributed by atoms with Crippen LogP contribution in [0.2, 0.25) is 0 Å². The van der Waals surface area contributed by atoms with Crippen LogP contribution < -0.4 is 10.3 Å². The van der Waals surface area contributed by atoms with Crippen molar-refractivity contribution < 1.29 is 4.74 Å². The molecule has 2 heterocycles. The molecule has 1 aromatic carbocycles. The van der Waals surface area contributed by atoms with Gasteiger partial charge in [-0.2, -0.15) is 5.10 Å². The highest BCUT2D eigenvalue weighted by Gasteiger charge is 2.05. The lowest BCUT2D eigenvalue weighted by Crippen LogP contribution is -2.22. The monoisotopic (exact) mass is 321 g/mol. The molecule has 0 bridgehead atoms. The fourth-order valence-electron chi connectivity index (χ4n) is 2.42. The van der Waals surface area contributed by atoms with Crippen LogP contribution in [0.15, 0.2) is 59.5 Å². The minimum Gasteiger partial charge on any atom is -0.481 e. The normalized spacial score (nSPS) is 10.6. The van der Waals surface area contributed by atoms with E-state index in [1.165, 1.54) is 16.3 Å². The smallest absolute Gasteiger partial charge is 0.267 e. The maximum atomic E-state index is 12.1. The van der Waals surface area contributed by atoms with Crippen molar-refractivity contribution in [1.29, 1.82) is 0 Å². The van der Waals surface area contributed by atoms with Crippen molar-refractivity contribution in [2.24, 2.45) is 0 Å². The molecule has 3 aromatic rings. The van der Waals surface area contributed by atoms with Crippen LogP contribution in [0.5, 0.6) is 5.88 Å². The van der Waals surface area contributed by atoms with Gasteiger partial charge in [-0.25, -0.2) is 9.67 Å². The Bertz CT molecular complexity index is 868. The summed E-state index contributed by atoms with van der Waals surface area (Å²) in [6.45, 7) is 2.56. The number of rotatable bonds is 5. The van der Waals surface area contributed by atoms with Crippen LogP contribution in [-0.2, 0) is 13.0 Å². The average Bonchev–Trinajstić information content (AvgIpc) is 2.64. The predicted octanol–water partition coefficient (Wildman–Crippen LogP) is 2.92. The molecule has 0 radical (unpaired) electrons. The fraction of sp³-hybridized carbons (Fsp3) is 0.211. The van der Waals surface area contributed by atoms with E-state index in [0.717, 1.165) is 17.5 Å². The van der Waals surface area contributed by atoms with Gasteiger partial charge in [0, 0.05) is 23.9 Å². The van der Waals surface area contributed by atoms with Crippen LogP contribution in [0.25, 0.3) is 11.3 Å². The van der Waals surface area contributed by atoms with Gasteiger partial charge in [-0.1, -0.05) is 31.2 Å². The molecule has 5 heteroatoms. The van der Waals surface area contributed by atoms with Crippen LogP contribution >= 0.6 is 0 Å². The number of benzene rings is 1. The topological polar surface area (TPSA) is 57.0 Å². The Labute approximate surface area is 140 Å². The molecule has 0 spiro atoms. The van der Waals surface area contributed by atoms with Gasteiger partial charge >= 0.3 is 0 Å². The van der Waals surface area contributed by atoms with Crippen molar-refractivity contribution in [2.45, 2.75) is 19.9 Å². The molecule has 24 heavy (non-hydrogen) atoms. The highest BCUT2D eigenvalue weighted by Crippen LogP contribution is 2.17. The zero-order valence-corrected chi connectivity index (χ0v) is 13.8. The summed E-state index contributed by atoms with van der Waals surface area (Å²) in [4.78, 5) is 16.3. The van der Waals surface area contributed by atoms with Crippen molar-refractivity contribution in [1.82, 2.24) is 14.8 Å². The predicted molar refractivity (Wildman–Crippen MR) is 93.2 cm³/mol. The van der Waals surface area contributed by atoms with E-state index in [-0.39, 0.29) is 5.56 Å². The van der Waals surface area contributed by atoms with Gasteiger partial charge in [-0.05, 0) is 29.7 Å². The number of hydrogen-bond donors (Lipinski definition) is 0. The summed E-state index contributed by atoms with van der Waals surface area (Å²) < 4.78 is 6.53. The molecule has 122 valence electrons. The van der Waals surface area contributed by atoms with Gasteiger partial charge in [-0.3, -0.25) is 4.79 Å². The summed E-state index contributed by atoms with van der Waals surface area (Å²) in [5.74, 6) is 0.545. The molecule has 0 fully saturated rings. The fourth-order valence-corrected chi connectivity index (χ4v) is 2.42. The van der Waals surface area contributed by atoms with Crippen LogP contribution in [-0.4, -0.2) is 21.9 Å². The number of methoxy groups -OCH3 is 1. The van der Waals surface area contributed by atoms with Crippen molar-refractivity contribution in [3.63, 3.8) is 0 Å². The first-order valence-electron chi connectivity index (χ1n) is 7.86. The number of aryl methyl sites for hydroxylation is 1. The molecule has 0 amide bonds. The first-order valence-corrected chi connectivity index (χ1v) is 7.86. The third-order valence-electron chi connectivity index (χ3n) is 3.87. The first-order chi connectivity index (χ1) is 11.7. The lowest BCUT2D eigenvalue weighted by atomic mass is 10.1. The van der Waals surface area contributed by atoms with E-state index >= 15 is 0 Å². The standard InChI is InChI=1S/C19H19N3O2/c1-3-14-4-6-15(7-5-14)13-22-19(23)11-9-17(21-22)16-8-10-18(24-2)20-12-16/h4-12H,3,13H2,1-2H3. The molecular formula is C19H19N3O2. The highest BCUT2D eigenvalue weighted by molar-refractivity contribution is 5.57. The summed E-state index contributed by atoms with van der Waals surface area (Å²) in [6.07, 6.45) is 2.68. The minimum atomic E-state index is -0.125. The molecule has 3 rings (SSSR count). The Morgan fingerprint density at radius 3 is 2.38 bits per heavy atom. The zero-order chi connectivity index (χ0) is 16.9. The Hall–Kier alpha value is -2.95. The van der Waals surface area contributed by atoms with Gasteiger partial charge in [0.2, 0.25) is 5.88 Å². The highest BCUT2D eigenvalue weighted by atomic mass is 16.5. The van der Waals surface area contributed by atoms with Crippen molar-refractivity contribution in [3.8, 4) is 17.1 Å². The van der Waals surface area contributed by atoms with E-state index < -0.39 is 0 Å². The van der Waals surface area contributed by atoms with E-state index in [2.05, 4.69) is 29.1 Å². The van der Waals surface area contributed by atoms with Gasteiger partial charge in [0.05, 0.1) is 19.3 Å². The second-order valence-corrected chi connectivity index (χ2v) is 5.47. The van der Waals surface area contributed by atoms with Crippen LogP contribution in [0.3, 0.4) is 0 Å². The van der Waals surface area contributed by atoms with Crippen molar-refractivity contribution in [2.75, 3.05) is 7.11 Å². The Morgan fingerprint density at radius 2 is 1.75 bits per heavy atom. The molecule has 0 saturated heterocycles. The van der Waals surface area contributed by atoms with Gasteiger partial charge in [0.1, 0.15) is 0 Å². The van der Waals surface area contributed by atoms with Crippen LogP contribution in [0, 0.1) is 0 Å². The van der Waals surface area contributed by atoms with Crippen LogP contribution in [0.4, 0.5) is 0 Å². The molecular weight excluding hydrogens is 302 g/mol.